The zero-order valence-electron chi connectivity index (χ0n) is 15.4. The van der Waals surface area contributed by atoms with Crippen molar-refractivity contribution in [1.82, 2.24) is 0 Å². The van der Waals surface area contributed by atoms with Crippen LogP contribution in [0.5, 0.6) is 0 Å². The summed E-state index contributed by atoms with van der Waals surface area (Å²) in [7, 11) is 0. The number of hydrogen-bond donors (Lipinski definition) is 1. The van der Waals surface area contributed by atoms with Gasteiger partial charge in [-0.15, -0.1) is 0 Å². The second-order valence-corrected chi connectivity index (χ2v) is 6.32. The highest BCUT2D eigenvalue weighted by molar-refractivity contribution is 5.95. The molecule has 142 valence electrons. The van der Waals surface area contributed by atoms with Gasteiger partial charge < -0.3 is 19.7 Å². The summed E-state index contributed by atoms with van der Waals surface area (Å²) < 4.78 is 10.4. The van der Waals surface area contributed by atoms with E-state index in [-0.39, 0.29) is 12.5 Å². The quantitative estimate of drug-likeness (QED) is 0.794. The fraction of sp³-hybridized carbons (Fsp3) is 0.333. The van der Waals surface area contributed by atoms with Crippen LogP contribution in [0.4, 0.5) is 11.4 Å². The van der Waals surface area contributed by atoms with Gasteiger partial charge in [-0.1, -0.05) is 19.1 Å². The summed E-state index contributed by atoms with van der Waals surface area (Å²) in [5.41, 5.74) is 3.35. The summed E-state index contributed by atoms with van der Waals surface area (Å²) in [4.78, 5) is 26.3. The molecule has 3 rings (SSSR count). The van der Waals surface area contributed by atoms with Gasteiger partial charge in [0.1, 0.15) is 0 Å². The number of carbonyl (C=O) groups excluding carboxylic acids is 2. The van der Waals surface area contributed by atoms with E-state index in [0.717, 1.165) is 44.0 Å². The molecule has 0 bridgehead atoms. The van der Waals surface area contributed by atoms with Crippen LogP contribution in [0, 0.1) is 0 Å². The number of amides is 1. The van der Waals surface area contributed by atoms with Crippen LogP contribution in [-0.2, 0) is 20.7 Å². The van der Waals surface area contributed by atoms with Crippen LogP contribution in [0.1, 0.15) is 22.8 Å². The number of anilines is 2. The minimum atomic E-state index is -0.504. The summed E-state index contributed by atoms with van der Waals surface area (Å²) in [6.07, 6.45) is 0.905. The van der Waals surface area contributed by atoms with Crippen LogP contribution in [0.3, 0.4) is 0 Å². The Kier molecular flexibility index (Phi) is 6.44. The molecular formula is C21H24N2O4. The molecule has 2 aromatic rings. The summed E-state index contributed by atoms with van der Waals surface area (Å²) in [5.74, 6) is -0.872. The number of rotatable bonds is 6. The molecule has 1 amide bonds. The molecule has 1 N–H and O–H groups in total. The lowest BCUT2D eigenvalue weighted by atomic mass is 10.1. The monoisotopic (exact) mass is 368 g/mol. The van der Waals surface area contributed by atoms with E-state index in [2.05, 4.69) is 10.2 Å². The number of ether oxygens (including phenoxy) is 2. The van der Waals surface area contributed by atoms with Gasteiger partial charge in [-0.25, -0.2) is 4.79 Å². The van der Waals surface area contributed by atoms with Crippen molar-refractivity contribution in [2.24, 2.45) is 0 Å². The second kappa shape index (κ2) is 9.19. The topological polar surface area (TPSA) is 67.9 Å². The number of nitrogens with zero attached hydrogens (tertiary/aromatic N) is 1. The van der Waals surface area contributed by atoms with Crippen molar-refractivity contribution >= 4 is 23.3 Å². The highest BCUT2D eigenvalue weighted by Crippen LogP contribution is 2.19. The Balaban J connectivity index is 1.47. The Morgan fingerprint density at radius 1 is 1.04 bits per heavy atom. The van der Waals surface area contributed by atoms with E-state index < -0.39 is 5.97 Å². The molecule has 0 aliphatic carbocycles. The van der Waals surface area contributed by atoms with Crippen molar-refractivity contribution in [3.63, 3.8) is 0 Å². The third-order valence-corrected chi connectivity index (χ3v) is 4.46. The van der Waals surface area contributed by atoms with E-state index in [9.17, 15) is 9.59 Å². The largest absolute Gasteiger partial charge is 0.452 e. The normalized spacial score (nSPS) is 13.9. The first kappa shape index (κ1) is 18.9. The third-order valence-electron chi connectivity index (χ3n) is 4.46. The number of benzene rings is 2. The molecule has 0 saturated carbocycles. The first-order valence-corrected chi connectivity index (χ1v) is 9.14. The van der Waals surface area contributed by atoms with E-state index in [1.54, 1.807) is 12.1 Å². The van der Waals surface area contributed by atoms with E-state index in [1.807, 2.05) is 43.3 Å². The maximum absolute atomic E-state index is 12.0. The van der Waals surface area contributed by atoms with Gasteiger partial charge in [0.2, 0.25) is 0 Å². The van der Waals surface area contributed by atoms with E-state index in [0.29, 0.717) is 11.3 Å². The van der Waals surface area contributed by atoms with Gasteiger partial charge in [0, 0.05) is 24.5 Å². The Hall–Kier alpha value is -2.86. The summed E-state index contributed by atoms with van der Waals surface area (Å²) in [6, 6.07) is 14.8. The lowest BCUT2D eigenvalue weighted by Crippen LogP contribution is -2.36. The zero-order valence-corrected chi connectivity index (χ0v) is 15.4. The fourth-order valence-corrected chi connectivity index (χ4v) is 2.87. The van der Waals surface area contributed by atoms with E-state index in [4.69, 9.17) is 9.47 Å². The number of aryl methyl sites for hydroxylation is 1. The predicted molar refractivity (Wildman–Crippen MR) is 104 cm³/mol. The number of morpholine rings is 1. The molecule has 1 saturated heterocycles. The van der Waals surface area contributed by atoms with E-state index >= 15 is 0 Å². The van der Waals surface area contributed by atoms with Crippen LogP contribution in [0.2, 0.25) is 0 Å². The summed E-state index contributed by atoms with van der Waals surface area (Å²) in [6.45, 7) is 4.91. The Morgan fingerprint density at radius 2 is 1.70 bits per heavy atom. The van der Waals surface area contributed by atoms with Crippen molar-refractivity contribution in [1.29, 1.82) is 0 Å². The zero-order chi connectivity index (χ0) is 19.1. The van der Waals surface area contributed by atoms with Gasteiger partial charge in [0.05, 0.1) is 18.8 Å². The van der Waals surface area contributed by atoms with Crippen molar-refractivity contribution in [3.8, 4) is 0 Å². The Morgan fingerprint density at radius 3 is 2.33 bits per heavy atom. The number of nitrogens with one attached hydrogen (secondary N) is 1. The van der Waals surface area contributed by atoms with Gasteiger partial charge in [0.25, 0.3) is 5.91 Å². The summed E-state index contributed by atoms with van der Waals surface area (Å²) in [5, 5.41) is 2.74. The van der Waals surface area contributed by atoms with Crippen LogP contribution in [-0.4, -0.2) is 44.8 Å². The lowest BCUT2D eigenvalue weighted by molar-refractivity contribution is -0.119. The van der Waals surface area contributed by atoms with Gasteiger partial charge >= 0.3 is 5.97 Å². The van der Waals surface area contributed by atoms with Gasteiger partial charge in [0.15, 0.2) is 6.61 Å². The molecular weight excluding hydrogens is 344 g/mol. The van der Waals surface area contributed by atoms with E-state index in [1.165, 1.54) is 0 Å². The average Bonchev–Trinajstić information content (AvgIpc) is 2.73. The van der Waals surface area contributed by atoms with Crippen molar-refractivity contribution in [2.75, 3.05) is 43.1 Å². The molecule has 0 atom stereocenters. The second-order valence-electron chi connectivity index (χ2n) is 6.32. The number of hydrogen-bond acceptors (Lipinski definition) is 5. The predicted octanol–water partition coefficient (Wildman–Crippen LogP) is 2.88. The van der Waals surface area contributed by atoms with Gasteiger partial charge in [-0.2, -0.15) is 0 Å². The molecule has 2 aromatic carbocycles. The van der Waals surface area contributed by atoms with Crippen LogP contribution in [0.15, 0.2) is 48.5 Å². The fourth-order valence-electron chi connectivity index (χ4n) is 2.87. The van der Waals surface area contributed by atoms with Gasteiger partial charge in [-0.05, 0) is 48.4 Å². The SMILES string of the molecule is CCc1ccc(C(=O)OCC(=O)Nc2ccc(N3CCOCC3)cc2)cc1. The molecule has 1 aliphatic rings. The first-order chi connectivity index (χ1) is 13.2. The Labute approximate surface area is 159 Å². The molecule has 27 heavy (non-hydrogen) atoms. The Bertz CT molecular complexity index is 766. The minimum absolute atomic E-state index is 0.320. The molecule has 1 aliphatic heterocycles. The smallest absolute Gasteiger partial charge is 0.338 e. The van der Waals surface area contributed by atoms with Crippen molar-refractivity contribution in [3.05, 3.63) is 59.7 Å². The maximum atomic E-state index is 12.0. The highest BCUT2D eigenvalue weighted by atomic mass is 16.5. The van der Waals surface area contributed by atoms with Crippen LogP contribution < -0.4 is 10.2 Å². The molecule has 0 spiro atoms. The maximum Gasteiger partial charge on any atom is 0.338 e. The highest BCUT2D eigenvalue weighted by Gasteiger charge is 2.12. The van der Waals surface area contributed by atoms with Crippen LogP contribution in [0.25, 0.3) is 0 Å². The summed E-state index contributed by atoms with van der Waals surface area (Å²) >= 11 is 0. The number of carbonyl (C=O) groups is 2. The van der Waals surface area contributed by atoms with Gasteiger partial charge in [-0.3, -0.25) is 4.79 Å². The molecule has 0 unspecified atom stereocenters. The lowest BCUT2D eigenvalue weighted by Gasteiger charge is -2.28. The standard InChI is InChI=1S/C21H24N2O4/c1-2-16-3-5-17(6-4-16)21(25)27-15-20(24)22-18-7-9-19(10-8-18)23-11-13-26-14-12-23/h3-10H,2,11-15H2,1H3,(H,22,24). The third kappa shape index (κ3) is 5.31. The molecule has 6 nitrogen and oxygen atoms in total. The molecule has 1 heterocycles. The molecule has 0 aromatic heterocycles. The average molecular weight is 368 g/mol. The van der Waals surface area contributed by atoms with Crippen molar-refractivity contribution < 1.29 is 19.1 Å². The molecule has 0 radical (unpaired) electrons. The minimum Gasteiger partial charge on any atom is -0.452 e. The van der Waals surface area contributed by atoms with Crippen LogP contribution >= 0.6 is 0 Å². The molecule has 1 fully saturated rings. The van der Waals surface area contributed by atoms with Crippen molar-refractivity contribution in [2.45, 2.75) is 13.3 Å². The molecule has 6 heteroatoms. The number of esters is 1. The first-order valence-electron chi connectivity index (χ1n) is 9.14.